The summed E-state index contributed by atoms with van der Waals surface area (Å²) in [7, 11) is 0. The first kappa shape index (κ1) is 27.4. The van der Waals surface area contributed by atoms with Crippen LogP contribution in [-0.2, 0) is 6.54 Å². The molecule has 0 aromatic carbocycles. The lowest BCUT2D eigenvalue weighted by Crippen LogP contribution is -3.10. The number of halogens is 2. The molecule has 2 rings (SSSR count). The van der Waals surface area contributed by atoms with Crippen molar-refractivity contribution in [2.45, 2.75) is 70.8 Å². The Balaban J connectivity index is 0.00000364. The molecule has 0 aliphatic carbocycles. The fourth-order valence-corrected chi connectivity index (χ4v) is 3.84. The van der Waals surface area contributed by atoms with Gasteiger partial charge in [-0.1, -0.05) is 51.7 Å². The molecule has 0 radical (unpaired) electrons. The van der Waals surface area contributed by atoms with Gasteiger partial charge in [-0.25, -0.2) is 9.13 Å². The number of aromatic nitrogens is 2. The summed E-state index contributed by atoms with van der Waals surface area (Å²) in [6.07, 6.45) is 24.1. The maximum absolute atomic E-state index is 3.86. The maximum atomic E-state index is 3.86. The molecule has 1 unspecified atom stereocenters. The van der Waals surface area contributed by atoms with Crippen molar-refractivity contribution in [3.8, 4) is 0 Å². The number of rotatable bonds is 15. The molecule has 1 aliphatic heterocycles. The Hall–Kier alpha value is -0.590. The molecule has 0 bridgehead atoms. The minimum Gasteiger partial charge on any atom is -1.00 e. The summed E-state index contributed by atoms with van der Waals surface area (Å²) in [5, 5.41) is 0. The molecular formula is C22H40Br2N4. The molecule has 1 aromatic heterocycles. The second kappa shape index (κ2) is 17.3. The molecule has 0 amide bonds. The van der Waals surface area contributed by atoms with E-state index in [1.165, 1.54) is 90.5 Å². The van der Waals surface area contributed by atoms with Crippen molar-refractivity contribution >= 4 is 6.20 Å². The van der Waals surface area contributed by atoms with E-state index in [-0.39, 0.29) is 34.0 Å². The van der Waals surface area contributed by atoms with Crippen molar-refractivity contribution in [2.75, 3.05) is 26.3 Å². The Bertz CT molecular complexity index is 518. The third kappa shape index (κ3) is 11.4. The smallest absolute Gasteiger partial charge is 0.248 e. The van der Waals surface area contributed by atoms with Gasteiger partial charge in [0, 0.05) is 0 Å². The summed E-state index contributed by atoms with van der Waals surface area (Å²) in [5.74, 6) is 0. The quantitative estimate of drug-likeness (QED) is 0.194. The van der Waals surface area contributed by atoms with Crippen LogP contribution in [0.15, 0.2) is 38.1 Å². The van der Waals surface area contributed by atoms with E-state index in [1.54, 1.807) is 4.90 Å². The van der Waals surface area contributed by atoms with Crippen molar-refractivity contribution in [3.63, 3.8) is 0 Å². The highest BCUT2D eigenvalue weighted by Crippen LogP contribution is 2.10. The molecule has 2 heterocycles. The minimum absolute atomic E-state index is 0. The Morgan fingerprint density at radius 2 is 1.46 bits per heavy atom. The number of unbranched alkanes of at least 4 members (excludes halogenated alkanes) is 9. The number of hydrogen-bond donors (Lipinski definition) is 1. The second-order valence-corrected chi connectivity index (χ2v) is 7.72. The second-order valence-electron chi connectivity index (χ2n) is 7.72. The van der Waals surface area contributed by atoms with Crippen LogP contribution >= 0.6 is 0 Å². The highest BCUT2D eigenvalue weighted by atomic mass is 79.9. The van der Waals surface area contributed by atoms with Crippen LogP contribution < -0.4 is 43.4 Å². The van der Waals surface area contributed by atoms with Gasteiger partial charge in [0.1, 0.15) is 12.4 Å². The van der Waals surface area contributed by atoms with E-state index in [0.29, 0.717) is 0 Å². The number of nitrogens with zero attached hydrogens (tertiary/aromatic N) is 3. The molecule has 28 heavy (non-hydrogen) atoms. The minimum atomic E-state index is 0. The van der Waals surface area contributed by atoms with Crippen LogP contribution in [0.3, 0.4) is 0 Å². The number of nitrogens with one attached hydrogen (secondary N) is 1. The Morgan fingerprint density at radius 3 is 2.00 bits per heavy atom. The molecule has 162 valence electrons. The largest absolute Gasteiger partial charge is 1.00 e. The normalized spacial score (nSPS) is 15.7. The maximum Gasteiger partial charge on any atom is 0.248 e. The molecule has 6 heteroatoms. The van der Waals surface area contributed by atoms with Gasteiger partial charge in [0.2, 0.25) is 6.33 Å². The first-order chi connectivity index (χ1) is 12.8. The van der Waals surface area contributed by atoms with E-state index in [1.807, 2.05) is 17.0 Å². The summed E-state index contributed by atoms with van der Waals surface area (Å²) < 4.78 is 4.25. The number of quaternary nitrogens is 1. The van der Waals surface area contributed by atoms with Gasteiger partial charge in [-0.15, -0.1) is 0 Å². The van der Waals surface area contributed by atoms with Crippen LogP contribution in [0.25, 0.3) is 6.20 Å². The van der Waals surface area contributed by atoms with Crippen LogP contribution in [0.2, 0.25) is 0 Å². The SMILES string of the molecule is C=CN1CC[NH+](CCCCCCCCCCCC[n+]2ccn(C=C)c2)C1.[Br-].[Br-]. The van der Waals surface area contributed by atoms with Gasteiger partial charge in [0.25, 0.3) is 0 Å². The third-order valence-corrected chi connectivity index (χ3v) is 5.56. The van der Waals surface area contributed by atoms with Crippen LogP contribution in [-0.4, -0.2) is 35.8 Å². The van der Waals surface area contributed by atoms with E-state index in [0.717, 1.165) is 6.54 Å². The van der Waals surface area contributed by atoms with Crippen LogP contribution in [0.4, 0.5) is 0 Å². The molecule has 1 aromatic rings. The van der Waals surface area contributed by atoms with Gasteiger partial charge < -0.3 is 43.8 Å². The average molecular weight is 520 g/mol. The predicted molar refractivity (Wildman–Crippen MR) is 110 cm³/mol. The van der Waals surface area contributed by atoms with Crippen molar-refractivity contribution in [1.82, 2.24) is 9.47 Å². The lowest BCUT2D eigenvalue weighted by atomic mass is 10.1. The van der Waals surface area contributed by atoms with Crippen molar-refractivity contribution in [1.29, 1.82) is 0 Å². The predicted octanol–water partition coefficient (Wildman–Crippen LogP) is -2.91. The molecular weight excluding hydrogens is 480 g/mol. The van der Waals surface area contributed by atoms with E-state index >= 15 is 0 Å². The fraction of sp³-hybridized carbons (Fsp3) is 0.682. The van der Waals surface area contributed by atoms with Gasteiger partial charge in [-0.2, -0.15) is 0 Å². The van der Waals surface area contributed by atoms with Crippen LogP contribution in [0, 0.1) is 0 Å². The van der Waals surface area contributed by atoms with Crippen LogP contribution in [0.1, 0.15) is 64.2 Å². The summed E-state index contributed by atoms with van der Waals surface area (Å²) >= 11 is 0. The summed E-state index contributed by atoms with van der Waals surface area (Å²) in [6.45, 7) is 13.8. The highest BCUT2D eigenvalue weighted by molar-refractivity contribution is 5.12. The van der Waals surface area contributed by atoms with Gasteiger partial charge in [-0.05, 0) is 31.9 Å². The van der Waals surface area contributed by atoms with Gasteiger partial charge in [0.15, 0.2) is 6.67 Å². The first-order valence-electron chi connectivity index (χ1n) is 10.7. The van der Waals surface area contributed by atoms with Gasteiger partial charge >= 0.3 is 0 Å². The monoisotopic (exact) mass is 518 g/mol. The average Bonchev–Trinajstić information content (AvgIpc) is 3.31. The van der Waals surface area contributed by atoms with Crippen molar-refractivity contribution in [3.05, 3.63) is 38.1 Å². The van der Waals surface area contributed by atoms with Crippen LogP contribution in [0.5, 0.6) is 0 Å². The molecule has 1 atom stereocenters. The van der Waals surface area contributed by atoms with Crippen molar-refractivity contribution < 1.29 is 43.4 Å². The third-order valence-electron chi connectivity index (χ3n) is 5.56. The lowest BCUT2D eigenvalue weighted by Gasteiger charge is -2.13. The topological polar surface area (TPSA) is 16.5 Å². The van der Waals surface area contributed by atoms with E-state index in [4.69, 9.17) is 0 Å². The number of imidazole rings is 1. The number of aryl methyl sites for hydroxylation is 1. The van der Waals surface area contributed by atoms with E-state index in [9.17, 15) is 0 Å². The van der Waals surface area contributed by atoms with Crippen molar-refractivity contribution in [2.24, 2.45) is 0 Å². The molecule has 0 spiro atoms. The van der Waals surface area contributed by atoms with Gasteiger partial charge in [-0.3, -0.25) is 0 Å². The zero-order chi connectivity index (χ0) is 18.5. The molecule has 4 nitrogen and oxygen atoms in total. The molecule has 1 fully saturated rings. The fourth-order valence-electron chi connectivity index (χ4n) is 3.84. The lowest BCUT2D eigenvalue weighted by molar-refractivity contribution is -0.891. The molecule has 0 saturated carbocycles. The standard InChI is InChI=1S/C22H39N4.2BrH/c1-3-23-17-19-25(21-23)15-13-11-9-7-5-6-8-10-12-14-16-26-20-18-24(4-2)22-26;;/h3-4,17,19,21H,1-2,5-16,18,20,22H2;2*1H/q+1;;/p-1. The Morgan fingerprint density at radius 1 is 0.857 bits per heavy atom. The molecule has 1 aliphatic rings. The van der Waals surface area contributed by atoms with E-state index < -0.39 is 0 Å². The summed E-state index contributed by atoms with van der Waals surface area (Å²) in [4.78, 5) is 4.08. The highest BCUT2D eigenvalue weighted by Gasteiger charge is 2.19. The summed E-state index contributed by atoms with van der Waals surface area (Å²) in [5.41, 5.74) is 0. The Kier molecular flexibility index (Phi) is 16.9. The first-order valence-corrected chi connectivity index (χ1v) is 10.7. The molecule has 1 N–H and O–H groups in total. The zero-order valence-electron chi connectivity index (χ0n) is 17.5. The zero-order valence-corrected chi connectivity index (χ0v) is 20.7. The Labute approximate surface area is 193 Å². The number of hydrogen-bond acceptors (Lipinski definition) is 1. The summed E-state index contributed by atoms with van der Waals surface area (Å²) in [6, 6.07) is 0. The van der Waals surface area contributed by atoms with Gasteiger partial charge in [0.05, 0.1) is 32.4 Å². The van der Waals surface area contributed by atoms with E-state index in [2.05, 4.69) is 41.3 Å². The molecule has 1 saturated heterocycles.